The topological polar surface area (TPSA) is 21.3 Å². The van der Waals surface area contributed by atoms with Crippen LogP contribution in [0.1, 0.15) is 26.3 Å². The summed E-state index contributed by atoms with van der Waals surface area (Å²) in [7, 11) is 0. The zero-order chi connectivity index (χ0) is 12.0. The maximum atomic E-state index is 5.77. The SMILES string of the molecule is C=CC(C)Oc1ccccc1CNC(C)C. The van der Waals surface area contributed by atoms with Crippen molar-refractivity contribution >= 4 is 0 Å². The van der Waals surface area contributed by atoms with Gasteiger partial charge in [-0.1, -0.05) is 44.7 Å². The molecule has 1 atom stereocenters. The molecule has 0 bridgehead atoms. The zero-order valence-electron chi connectivity index (χ0n) is 10.4. The quantitative estimate of drug-likeness (QED) is 0.742. The van der Waals surface area contributed by atoms with Gasteiger partial charge < -0.3 is 10.1 Å². The molecule has 1 rings (SSSR count). The van der Waals surface area contributed by atoms with Gasteiger partial charge in [0, 0.05) is 18.2 Å². The summed E-state index contributed by atoms with van der Waals surface area (Å²) in [5.74, 6) is 0.933. The number of rotatable bonds is 6. The van der Waals surface area contributed by atoms with E-state index < -0.39 is 0 Å². The van der Waals surface area contributed by atoms with Crippen LogP contribution in [0.25, 0.3) is 0 Å². The van der Waals surface area contributed by atoms with Crippen molar-refractivity contribution in [3.63, 3.8) is 0 Å². The third-order valence-corrected chi connectivity index (χ3v) is 2.32. The molecule has 88 valence electrons. The molecule has 0 aliphatic carbocycles. The largest absolute Gasteiger partial charge is 0.486 e. The second kappa shape index (κ2) is 6.33. The predicted molar refractivity (Wildman–Crippen MR) is 68.7 cm³/mol. The molecule has 0 fully saturated rings. The van der Waals surface area contributed by atoms with Gasteiger partial charge in [0.05, 0.1) is 0 Å². The minimum atomic E-state index is 0.0419. The summed E-state index contributed by atoms with van der Waals surface area (Å²) in [5, 5.41) is 3.39. The number of hydrogen-bond acceptors (Lipinski definition) is 2. The highest BCUT2D eigenvalue weighted by Gasteiger charge is 2.05. The molecule has 0 saturated heterocycles. The van der Waals surface area contributed by atoms with Gasteiger partial charge in [0.25, 0.3) is 0 Å². The van der Waals surface area contributed by atoms with E-state index in [9.17, 15) is 0 Å². The molecule has 0 amide bonds. The van der Waals surface area contributed by atoms with Gasteiger partial charge in [-0.25, -0.2) is 0 Å². The molecule has 0 aliphatic heterocycles. The van der Waals surface area contributed by atoms with Crippen LogP contribution >= 0.6 is 0 Å². The molecule has 1 aromatic carbocycles. The smallest absolute Gasteiger partial charge is 0.124 e. The monoisotopic (exact) mass is 219 g/mol. The van der Waals surface area contributed by atoms with Crippen LogP contribution in [0, 0.1) is 0 Å². The van der Waals surface area contributed by atoms with Crippen molar-refractivity contribution in [2.24, 2.45) is 0 Å². The summed E-state index contributed by atoms with van der Waals surface area (Å²) < 4.78 is 5.77. The van der Waals surface area contributed by atoms with E-state index in [1.54, 1.807) is 6.08 Å². The lowest BCUT2D eigenvalue weighted by Crippen LogP contribution is -2.22. The lowest BCUT2D eigenvalue weighted by atomic mass is 10.2. The molecule has 16 heavy (non-hydrogen) atoms. The highest BCUT2D eigenvalue weighted by atomic mass is 16.5. The molecular formula is C14H21NO. The molecule has 0 heterocycles. The standard InChI is InChI=1S/C14H21NO/c1-5-12(4)16-14-9-7-6-8-13(14)10-15-11(2)3/h5-9,11-12,15H,1,10H2,2-4H3. The summed E-state index contributed by atoms with van der Waals surface area (Å²) in [5.41, 5.74) is 1.19. The van der Waals surface area contributed by atoms with Crippen LogP contribution in [0.5, 0.6) is 5.75 Å². The second-order valence-electron chi connectivity index (χ2n) is 4.20. The van der Waals surface area contributed by atoms with Crippen molar-refractivity contribution < 1.29 is 4.74 Å². The van der Waals surface area contributed by atoms with Gasteiger partial charge in [-0.15, -0.1) is 0 Å². The van der Waals surface area contributed by atoms with E-state index >= 15 is 0 Å². The lowest BCUT2D eigenvalue weighted by molar-refractivity contribution is 0.266. The second-order valence-corrected chi connectivity index (χ2v) is 4.20. The fourth-order valence-corrected chi connectivity index (χ4v) is 1.33. The molecule has 1 unspecified atom stereocenters. The fourth-order valence-electron chi connectivity index (χ4n) is 1.33. The lowest BCUT2D eigenvalue weighted by Gasteiger charge is -2.16. The predicted octanol–water partition coefficient (Wildman–Crippen LogP) is 3.14. The Morgan fingerprint density at radius 1 is 1.31 bits per heavy atom. The van der Waals surface area contributed by atoms with Gasteiger partial charge in [0.1, 0.15) is 11.9 Å². The van der Waals surface area contributed by atoms with Crippen molar-refractivity contribution in [2.45, 2.75) is 39.5 Å². The van der Waals surface area contributed by atoms with Crippen LogP contribution in [0.3, 0.4) is 0 Å². The first-order valence-corrected chi connectivity index (χ1v) is 5.74. The Kier molecular flexibility index (Phi) is 5.06. The van der Waals surface area contributed by atoms with Crippen molar-refractivity contribution in [1.29, 1.82) is 0 Å². The minimum Gasteiger partial charge on any atom is -0.486 e. The maximum Gasteiger partial charge on any atom is 0.124 e. The summed E-state index contributed by atoms with van der Waals surface area (Å²) in [6, 6.07) is 8.58. The molecule has 0 aliphatic rings. The highest BCUT2D eigenvalue weighted by Crippen LogP contribution is 2.19. The molecule has 2 heteroatoms. The fraction of sp³-hybridized carbons (Fsp3) is 0.429. The highest BCUT2D eigenvalue weighted by molar-refractivity contribution is 5.33. The third-order valence-electron chi connectivity index (χ3n) is 2.32. The summed E-state index contributed by atoms with van der Waals surface area (Å²) in [6.45, 7) is 10.8. The molecule has 0 saturated carbocycles. The Morgan fingerprint density at radius 3 is 2.62 bits per heavy atom. The Labute approximate surface area is 98.3 Å². The van der Waals surface area contributed by atoms with Crippen LogP contribution in [0.15, 0.2) is 36.9 Å². The third kappa shape index (κ3) is 4.07. The Hall–Kier alpha value is -1.28. The van der Waals surface area contributed by atoms with Gasteiger partial charge in [-0.3, -0.25) is 0 Å². The van der Waals surface area contributed by atoms with Gasteiger partial charge in [-0.2, -0.15) is 0 Å². The van der Waals surface area contributed by atoms with Crippen molar-refractivity contribution in [2.75, 3.05) is 0 Å². The average molecular weight is 219 g/mol. The number of ether oxygens (including phenoxy) is 1. The minimum absolute atomic E-state index is 0.0419. The van der Waals surface area contributed by atoms with E-state index in [0.717, 1.165) is 12.3 Å². The van der Waals surface area contributed by atoms with E-state index in [1.165, 1.54) is 5.56 Å². The Balaban J connectivity index is 2.71. The first kappa shape index (κ1) is 12.8. The number of benzene rings is 1. The van der Waals surface area contributed by atoms with E-state index in [0.29, 0.717) is 6.04 Å². The van der Waals surface area contributed by atoms with E-state index in [-0.39, 0.29) is 6.10 Å². The number of nitrogens with one attached hydrogen (secondary N) is 1. The van der Waals surface area contributed by atoms with Crippen molar-refractivity contribution in [3.8, 4) is 5.75 Å². The van der Waals surface area contributed by atoms with Crippen molar-refractivity contribution in [3.05, 3.63) is 42.5 Å². The first-order chi connectivity index (χ1) is 7.63. The van der Waals surface area contributed by atoms with E-state index in [2.05, 4.69) is 31.8 Å². The van der Waals surface area contributed by atoms with Gasteiger partial charge in [0.2, 0.25) is 0 Å². The molecule has 0 spiro atoms. The maximum absolute atomic E-state index is 5.77. The van der Waals surface area contributed by atoms with Crippen LogP contribution < -0.4 is 10.1 Å². The number of hydrogen-bond donors (Lipinski definition) is 1. The van der Waals surface area contributed by atoms with Crippen molar-refractivity contribution in [1.82, 2.24) is 5.32 Å². The van der Waals surface area contributed by atoms with Gasteiger partial charge >= 0.3 is 0 Å². The number of para-hydroxylation sites is 1. The van der Waals surface area contributed by atoms with E-state index in [1.807, 2.05) is 25.1 Å². The van der Waals surface area contributed by atoms with Crippen LogP contribution in [-0.4, -0.2) is 12.1 Å². The van der Waals surface area contributed by atoms with Crippen LogP contribution in [0.4, 0.5) is 0 Å². The summed E-state index contributed by atoms with van der Waals surface area (Å²) in [6.07, 6.45) is 1.84. The van der Waals surface area contributed by atoms with Gasteiger partial charge in [-0.05, 0) is 13.0 Å². The molecular weight excluding hydrogens is 198 g/mol. The molecule has 0 aromatic heterocycles. The molecule has 2 nitrogen and oxygen atoms in total. The van der Waals surface area contributed by atoms with Crippen LogP contribution in [0.2, 0.25) is 0 Å². The molecule has 0 radical (unpaired) electrons. The van der Waals surface area contributed by atoms with Gasteiger partial charge in [0.15, 0.2) is 0 Å². The summed E-state index contributed by atoms with van der Waals surface area (Å²) in [4.78, 5) is 0. The summed E-state index contributed by atoms with van der Waals surface area (Å²) >= 11 is 0. The molecule has 1 aromatic rings. The Morgan fingerprint density at radius 2 is 2.00 bits per heavy atom. The molecule has 1 N–H and O–H groups in total. The average Bonchev–Trinajstić information content (AvgIpc) is 2.27. The Bertz CT molecular complexity index is 333. The zero-order valence-corrected chi connectivity index (χ0v) is 10.4. The van der Waals surface area contributed by atoms with Crippen LogP contribution in [-0.2, 0) is 6.54 Å². The first-order valence-electron chi connectivity index (χ1n) is 5.74. The van der Waals surface area contributed by atoms with E-state index in [4.69, 9.17) is 4.74 Å². The normalized spacial score (nSPS) is 12.5.